The molecule has 0 aliphatic rings. The van der Waals surface area contributed by atoms with Crippen LogP contribution >= 0.6 is 11.6 Å². The smallest absolute Gasteiger partial charge is 0.129 e. The van der Waals surface area contributed by atoms with Gasteiger partial charge in [-0.3, -0.25) is 0 Å². The van der Waals surface area contributed by atoms with E-state index >= 15 is 0 Å². The fourth-order valence-corrected chi connectivity index (χ4v) is 5.36. The van der Waals surface area contributed by atoms with Crippen LogP contribution in [0.25, 0.3) is 0 Å². The lowest BCUT2D eigenvalue weighted by molar-refractivity contribution is 1.65. The molecule has 2 aromatic carbocycles. The molecule has 0 aliphatic heterocycles. The van der Waals surface area contributed by atoms with Crippen molar-refractivity contribution in [2.24, 2.45) is 0 Å². The quantitative estimate of drug-likeness (QED) is 0.577. The molecule has 16 heavy (non-hydrogen) atoms. The predicted molar refractivity (Wildman–Crippen MR) is 74.5 cm³/mol. The zero-order chi connectivity index (χ0) is 11.4. The second kappa shape index (κ2) is 4.85. The maximum Gasteiger partial charge on any atom is 0.129 e. The van der Waals surface area contributed by atoms with Crippen molar-refractivity contribution in [2.45, 2.75) is 6.55 Å². The van der Waals surface area contributed by atoms with E-state index in [1.807, 2.05) is 0 Å². The van der Waals surface area contributed by atoms with E-state index < -0.39 is 8.07 Å². The molecule has 0 unspecified atom stereocenters. The van der Waals surface area contributed by atoms with Crippen LogP contribution in [-0.4, -0.2) is 13.6 Å². The Morgan fingerprint density at radius 2 is 1.19 bits per heavy atom. The lowest BCUT2D eigenvalue weighted by Crippen LogP contribution is -2.57. The van der Waals surface area contributed by atoms with Gasteiger partial charge in [0.2, 0.25) is 0 Å². The Morgan fingerprint density at radius 1 is 0.812 bits per heavy atom. The standard InChI is InChI=1S/C14H15ClSi/c1-16(12-15,13-8-4-2-5-9-13)14-10-6-3-7-11-14/h2-11H,12H2,1H3. The van der Waals surface area contributed by atoms with Gasteiger partial charge in [-0.05, 0) is 0 Å². The van der Waals surface area contributed by atoms with Crippen LogP contribution in [0.4, 0.5) is 0 Å². The summed E-state index contributed by atoms with van der Waals surface area (Å²) in [7, 11) is -1.71. The van der Waals surface area contributed by atoms with Gasteiger partial charge in [0.05, 0.1) is 0 Å². The summed E-state index contributed by atoms with van der Waals surface area (Å²) in [6.45, 7) is 2.32. The van der Waals surface area contributed by atoms with Gasteiger partial charge in [0.15, 0.2) is 0 Å². The summed E-state index contributed by atoms with van der Waals surface area (Å²) < 4.78 is 0. The fraction of sp³-hybridized carbons (Fsp3) is 0.143. The first kappa shape index (κ1) is 11.4. The van der Waals surface area contributed by atoms with Crippen LogP contribution in [0.3, 0.4) is 0 Å². The summed E-state index contributed by atoms with van der Waals surface area (Å²) >= 11 is 6.24. The van der Waals surface area contributed by atoms with Crippen molar-refractivity contribution in [1.29, 1.82) is 0 Å². The number of benzene rings is 2. The topological polar surface area (TPSA) is 0 Å². The van der Waals surface area contributed by atoms with Crippen LogP contribution in [0.2, 0.25) is 6.55 Å². The van der Waals surface area contributed by atoms with E-state index in [1.54, 1.807) is 0 Å². The maximum absolute atomic E-state index is 6.24. The summed E-state index contributed by atoms with van der Waals surface area (Å²) in [5.41, 5.74) is 0.723. The molecular formula is C14H15ClSi. The minimum Gasteiger partial charge on any atom is -0.129 e. The first-order chi connectivity index (χ1) is 7.77. The highest BCUT2D eigenvalue weighted by Gasteiger charge is 2.30. The van der Waals surface area contributed by atoms with Crippen LogP contribution in [0, 0.1) is 0 Å². The van der Waals surface area contributed by atoms with E-state index in [4.69, 9.17) is 11.6 Å². The molecule has 0 fully saturated rings. The maximum atomic E-state index is 6.24. The molecule has 0 saturated carbocycles. The third kappa shape index (κ3) is 2.06. The molecule has 2 heteroatoms. The first-order valence-electron chi connectivity index (χ1n) is 5.44. The second-order valence-corrected chi connectivity index (χ2v) is 9.09. The van der Waals surface area contributed by atoms with Gasteiger partial charge in [-0.2, -0.15) is 0 Å². The Hall–Kier alpha value is -1.05. The average molecular weight is 247 g/mol. The monoisotopic (exact) mass is 246 g/mol. The predicted octanol–water partition coefficient (Wildman–Crippen LogP) is 2.66. The number of rotatable bonds is 3. The van der Waals surface area contributed by atoms with Crippen LogP contribution in [0.1, 0.15) is 0 Å². The molecule has 0 N–H and O–H groups in total. The molecule has 0 saturated heterocycles. The van der Waals surface area contributed by atoms with Crippen molar-refractivity contribution in [2.75, 3.05) is 5.50 Å². The SMILES string of the molecule is C[Si](CCl)(c1ccccc1)c1ccccc1. The zero-order valence-electron chi connectivity index (χ0n) is 9.36. The van der Waals surface area contributed by atoms with Crippen molar-refractivity contribution in [3.63, 3.8) is 0 Å². The number of hydrogen-bond donors (Lipinski definition) is 0. The van der Waals surface area contributed by atoms with Gasteiger partial charge in [-0.15, -0.1) is 11.6 Å². The van der Waals surface area contributed by atoms with E-state index in [2.05, 4.69) is 67.2 Å². The molecule has 82 valence electrons. The van der Waals surface area contributed by atoms with E-state index in [9.17, 15) is 0 Å². The summed E-state index contributed by atoms with van der Waals surface area (Å²) in [5.74, 6) is 0. The number of hydrogen-bond acceptors (Lipinski definition) is 0. The minimum absolute atomic E-state index is 0.723. The molecule has 0 nitrogen and oxygen atoms in total. The zero-order valence-corrected chi connectivity index (χ0v) is 11.1. The van der Waals surface area contributed by atoms with Crippen molar-refractivity contribution >= 4 is 30.0 Å². The number of alkyl halides is 1. The Kier molecular flexibility index (Phi) is 3.47. The van der Waals surface area contributed by atoms with E-state index in [0.29, 0.717) is 0 Å². The third-order valence-corrected chi connectivity index (χ3v) is 8.44. The van der Waals surface area contributed by atoms with E-state index in [1.165, 1.54) is 10.4 Å². The van der Waals surface area contributed by atoms with Crippen molar-refractivity contribution in [3.05, 3.63) is 60.7 Å². The number of halogens is 1. The molecule has 0 atom stereocenters. The van der Waals surface area contributed by atoms with Gasteiger partial charge < -0.3 is 0 Å². The molecule has 0 heterocycles. The van der Waals surface area contributed by atoms with E-state index in [-0.39, 0.29) is 0 Å². The Balaban J connectivity index is 2.49. The lowest BCUT2D eigenvalue weighted by Gasteiger charge is -2.25. The molecule has 2 rings (SSSR count). The van der Waals surface area contributed by atoms with Gasteiger partial charge >= 0.3 is 0 Å². The molecule has 0 amide bonds. The lowest BCUT2D eigenvalue weighted by atomic mass is 10.4. The van der Waals surface area contributed by atoms with Crippen LogP contribution in [0.5, 0.6) is 0 Å². The van der Waals surface area contributed by atoms with Crippen molar-refractivity contribution in [3.8, 4) is 0 Å². The molecule has 0 spiro atoms. The van der Waals surface area contributed by atoms with Crippen molar-refractivity contribution < 1.29 is 0 Å². The molecular weight excluding hydrogens is 232 g/mol. The average Bonchev–Trinajstić information content (AvgIpc) is 2.40. The highest BCUT2D eigenvalue weighted by atomic mass is 35.5. The third-order valence-electron chi connectivity index (χ3n) is 3.09. The normalized spacial score (nSPS) is 11.4. The summed E-state index contributed by atoms with van der Waals surface area (Å²) in [5, 5.41) is 2.80. The summed E-state index contributed by atoms with van der Waals surface area (Å²) in [6.07, 6.45) is 0. The fourth-order valence-electron chi connectivity index (χ4n) is 1.93. The second-order valence-electron chi connectivity index (χ2n) is 4.20. The van der Waals surface area contributed by atoms with Crippen molar-refractivity contribution in [1.82, 2.24) is 0 Å². The van der Waals surface area contributed by atoms with Gasteiger partial charge in [0.25, 0.3) is 0 Å². The Morgan fingerprint density at radius 3 is 1.50 bits per heavy atom. The van der Waals surface area contributed by atoms with Gasteiger partial charge in [-0.25, -0.2) is 0 Å². The van der Waals surface area contributed by atoms with Crippen LogP contribution < -0.4 is 10.4 Å². The molecule has 2 aromatic rings. The van der Waals surface area contributed by atoms with Crippen LogP contribution in [-0.2, 0) is 0 Å². The largest absolute Gasteiger partial charge is 0.129 e. The van der Waals surface area contributed by atoms with Gasteiger partial charge in [0.1, 0.15) is 8.07 Å². The molecule has 0 radical (unpaired) electrons. The highest BCUT2D eigenvalue weighted by Crippen LogP contribution is 2.07. The summed E-state index contributed by atoms with van der Waals surface area (Å²) in [4.78, 5) is 0. The van der Waals surface area contributed by atoms with Gasteiger partial charge in [0, 0.05) is 5.50 Å². The Bertz CT molecular complexity index is 399. The van der Waals surface area contributed by atoms with E-state index in [0.717, 1.165) is 5.50 Å². The van der Waals surface area contributed by atoms with Crippen LogP contribution in [0.15, 0.2) is 60.7 Å². The Labute approximate surface area is 103 Å². The first-order valence-corrected chi connectivity index (χ1v) is 8.68. The molecule has 0 bridgehead atoms. The minimum atomic E-state index is -1.71. The molecule has 0 aromatic heterocycles. The molecule has 0 aliphatic carbocycles. The summed E-state index contributed by atoms with van der Waals surface area (Å²) in [6, 6.07) is 21.3. The van der Waals surface area contributed by atoms with Gasteiger partial charge in [-0.1, -0.05) is 77.6 Å². The highest BCUT2D eigenvalue weighted by molar-refractivity contribution is 7.04.